The molecule has 0 aliphatic carbocycles. The van der Waals surface area contributed by atoms with E-state index in [1.165, 1.54) is 18.3 Å². The first-order chi connectivity index (χ1) is 9.47. The zero-order valence-electron chi connectivity index (χ0n) is 10.2. The minimum absolute atomic E-state index is 0.187. The average molecular weight is 380 g/mol. The largest absolute Gasteiger partial charge is 0.505 e. The molecule has 0 aliphatic heterocycles. The van der Waals surface area contributed by atoms with Gasteiger partial charge in [0.2, 0.25) is 0 Å². The number of aliphatic imine (C=N–C) groups is 1. The van der Waals surface area contributed by atoms with E-state index < -0.39 is 0 Å². The first kappa shape index (κ1) is 14.8. The SMILES string of the molecule is [B]c1cc(C=Nc2ccc(I)cc2)c(O)c(N(O)O)c1. The van der Waals surface area contributed by atoms with Gasteiger partial charge < -0.3 is 5.11 Å². The Balaban J connectivity index is 2.36. The summed E-state index contributed by atoms with van der Waals surface area (Å²) in [6, 6.07) is 10.2. The van der Waals surface area contributed by atoms with Gasteiger partial charge in [-0.2, -0.15) is 0 Å². The molecule has 0 bridgehead atoms. The second-order valence-corrected chi connectivity index (χ2v) is 5.25. The molecule has 20 heavy (non-hydrogen) atoms. The van der Waals surface area contributed by atoms with Crippen molar-refractivity contribution in [1.82, 2.24) is 0 Å². The van der Waals surface area contributed by atoms with E-state index >= 15 is 0 Å². The Morgan fingerprint density at radius 1 is 1.15 bits per heavy atom. The lowest BCUT2D eigenvalue weighted by Crippen LogP contribution is -2.15. The van der Waals surface area contributed by atoms with E-state index in [0.29, 0.717) is 5.69 Å². The monoisotopic (exact) mass is 380 g/mol. The van der Waals surface area contributed by atoms with Crippen LogP contribution < -0.4 is 10.7 Å². The zero-order chi connectivity index (χ0) is 14.7. The molecule has 0 aliphatic rings. The van der Waals surface area contributed by atoms with Crippen molar-refractivity contribution in [1.29, 1.82) is 0 Å². The van der Waals surface area contributed by atoms with Gasteiger partial charge in [0.25, 0.3) is 0 Å². The number of phenols is 1. The van der Waals surface area contributed by atoms with Crippen LogP contribution in [0.1, 0.15) is 5.56 Å². The van der Waals surface area contributed by atoms with Gasteiger partial charge in [-0.25, -0.2) is 0 Å². The summed E-state index contributed by atoms with van der Waals surface area (Å²) in [5, 5.41) is 27.7. The van der Waals surface area contributed by atoms with Crippen molar-refractivity contribution >= 4 is 53.5 Å². The summed E-state index contributed by atoms with van der Waals surface area (Å²) < 4.78 is 1.09. The van der Waals surface area contributed by atoms with E-state index in [1.54, 1.807) is 0 Å². The van der Waals surface area contributed by atoms with Crippen LogP contribution in [-0.2, 0) is 0 Å². The van der Waals surface area contributed by atoms with Crippen LogP contribution in [-0.4, -0.2) is 29.6 Å². The molecule has 2 rings (SSSR count). The van der Waals surface area contributed by atoms with E-state index in [1.807, 2.05) is 24.3 Å². The van der Waals surface area contributed by atoms with Gasteiger partial charge in [-0.3, -0.25) is 15.4 Å². The molecule has 0 spiro atoms. The summed E-state index contributed by atoms with van der Waals surface area (Å²) in [5.41, 5.74) is 1.05. The maximum atomic E-state index is 9.90. The number of hydrogen-bond donors (Lipinski definition) is 3. The molecule has 0 unspecified atom stereocenters. The van der Waals surface area contributed by atoms with Gasteiger partial charge in [0, 0.05) is 15.3 Å². The normalized spacial score (nSPS) is 10.9. The van der Waals surface area contributed by atoms with Crippen molar-refractivity contribution in [3.8, 4) is 5.75 Å². The third-order valence-corrected chi connectivity index (χ3v) is 3.26. The minimum atomic E-state index is -0.321. The number of nitrogens with zero attached hydrogens (tertiary/aromatic N) is 2. The van der Waals surface area contributed by atoms with E-state index in [2.05, 4.69) is 27.6 Å². The molecule has 0 atom stereocenters. The molecule has 0 amide bonds. The molecule has 100 valence electrons. The summed E-state index contributed by atoms with van der Waals surface area (Å²) in [7, 11) is 5.63. The molecular weight excluding hydrogens is 370 g/mol. The fourth-order valence-corrected chi connectivity index (χ4v) is 1.95. The lowest BCUT2D eigenvalue weighted by molar-refractivity contribution is 0.0280. The lowest BCUT2D eigenvalue weighted by Gasteiger charge is -2.12. The van der Waals surface area contributed by atoms with Gasteiger partial charge in [-0.05, 0) is 52.9 Å². The number of halogens is 1. The van der Waals surface area contributed by atoms with Crippen molar-refractivity contribution < 1.29 is 15.5 Å². The summed E-state index contributed by atoms with van der Waals surface area (Å²) in [6.45, 7) is 0. The molecule has 0 saturated carbocycles. The molecule has 0 saturated heterocycles. The Labute approximate surface area is 130 Å². The van der Waals surface area contributed by atoms with Crippen molar-refractivity contribution in [2.24, 2.45) is 4.99 Å². The van der Waals surface area contributed by atoms with Gasteiger partial charge in [-0.1, -0.05) is 11.5 Å². The first-order valence-electron chi connectivity index (χ1n) is 5.57. The Morgan fingerprint density at radius 2 is 1.80 bits per heavy atom. The van der Waals surface area contributed by atoms with Crippen LogP contribution in [0, 0.1) is 3.57 Å². The fraction of sp³-hybridized carbons (Fsp3) is 0. The minimum Gasteiger partial charge on any atom is -0.505 e. The Morgan fingerprint density at radius 3 is 2.40 bits per heavy atom. The average Bonchev–Trinajstić information content (AvgIpc) is 2.41. The van der Waals surface area contributed by atoms with Crippen LogP contribution in [0.4, 0.5) is 11.4 Å². The maximum absolute atomic E-state index is 9.90. The first-order valence-corrected chi connectivity index (χ1v) is 6.65. The maximum Gasteiger partial charge on any atom is 0.152 e. The number of phenolic OH excluding ortho intramolecular Hbond substituents is 1. The molecule has 2 aromatic rings. The van der Waals surface area contributed by atoms with E-state index in [9.17, 15) is 5.11 Å². The van der Waals surface area contributed by atoms with Crippen molar-refractivity contribution in [2.75, 3.05) is 5.23 Å². The predicted molar refractivity (Wildman–Crippen MR) is 86.0 cm³/mol. The summed E-state index contributed by atoms with van der Waals surface area (Å²) in [5.74, 6) is -0.321. The topological polar surface area (TPSA) is 76.3 Å². The smallest absolute Gasteiger partial charge is 0.152 e. The van der Waals surface area contributed by atoms with Crippen molar-refractivity contribution in [3.63, 3.8) is 0 Å². The highest BCUT2D eigenvalue weighted by molar-refractivity contribution is 14.1. The van der Waals surface area contributed by atoms with E-state index in [0.717, 1.165) is 3.57 Å². The van der Waals surface area contributed by atoms with Crippen LogP contribution in [0.3, 0.4) is 0 Å². The van der Waals surface area contributed by atoms with Crippen LogP contribution in [0.25, 0.3) is 0 Å². The summed E-state index contributed by atoms with van der Waals surface area (Å²) in [4.78, 5) is 4.19. The lowest BCUT2D eigenvalue weighted by atomic mass is 9.93. The second kappa shape index (κ2) is 6.25. The highest BCUT2D eigenvalue weighted by atomic mass is 127. The van der Waals surface area contributed by atoms with Crippen LogP contribution in [0.15, 0.2) is 41.4 Å². The molecular formula is C13H10BIN2O3. The van der Waals surface area contributed by atoms with Gasteiger partial charge in [0.15, 0.2) is 5.75 Å². The predicted octanol–water partition coefficient (Wildman–Crippen LogP) is 2.13. The highest BCUT2D eigenvalue weighted by Crippen LogP contribution is 2.27. The number of anilines is 1. The van der Waals surface area contributed by atoms with Crippen molar-refractivity contribution in [2.45, 2.75) is 0 Å². The molecule has 0 aromatic heterocycles. The molecule has 5 nitrogen and oxygen atoms in total. The van der Waals surface area contributed by atoms with Crippen LogP contribution in [0.2, 0.25) is 0 Å². The second-order valence-electron chi connectivity index (χ2n) is 4.00. The Hall–Kier alpha value is -1.58. The fourth-order valence-electron chi connectivity index (χ4n) is 1.59. The Kier molecular flexibility index (Phi) is 4.63. The summed E-state index contributed by atoms with van der Waals surface area (Å²) >= 11 is 2.19. The number of aromatic hydroxyl groups is 1. The summed E-state index contributed by atoms with van der Waals surface area (Å²) in [6.07, 6.45) is 1.40. The number of rotatable bonds is 3. The standard InChI is InChI=1S/C13H10BIN2O3/c14-9-5-8(13(18)12(6-9)17(19)20)7-16-11-3-1-10(15)2-4-11/h1-7,18-20H. The van der Waals surface area contributed by atoms with Crippen LogP contribution >= 0.6 is 22.6 Å². The molecule has 2 aromatic carbocycles. The highest BCUT2D eigenvalue weighted by Gasteiger charge is 2.11. The molecule has 3 N–H and O–H groups in total. The van der Waals surface area contributed by atoms with Crippen LogP contribution in [0.5, 0.6) is 5.75 Å². The zero-order valence-corrected chi connectivity index (χ0v) is 12.4. The molecule has 0 heterocycles. The molecule has 7 heteroatoms. The third-order valence-electron chi connectivity index (χ3n) is 2.54. The van der Waals surface area contributed by atoms with E-state index in [4.69, 9.17) is 18.3 Å². The van der Waals surface area contributed by atoms with E-state index in [-0.39, 0.29) is 27.7 Å². The third kappa shape index (κ3) is 3.50. The van der Waals surface area contributed by atoms with Gasteiger partial charge in [0.1, 0.15) is 13.5 Å². The number of benzene rings is 2. The van der Waals surface area contributed by atoms with Gasteiger partial charge in [-0.15, -0.1) is 5.23 Å². The number of hydrogen-bond acceptors (Lipinski definition) is 5. The molecule has 0 fully saturated rings. The van der Waals surface area contributed by atoms with Crippen molar-refractivity contribution in [3.05, 3.63) is 45.5 Å². The van der Waals surface area contributed by atoms with Gasteiger partial charge in [0.05, 0.1) is 5.69 Å². The Bertz CT molecular complexity index is 645. The van der Waals surface area contributed by atoms with Gasteiger partial charge >= 0.3 is 0 Å². The quantitative estimate of drug-likeness (QED) is 0.330. The molecule has 2 radical (unpaired) electrons.